The summed E-state index contributed by atoms with van der Waals surface area (Å²) in [5.41, 5.74) is 0.938. The van der Waals surface area contributed by atoms with Gasteiger partial charge < -0.3 is 20.4 Å². The van der Waals surface area contributed by atoms with Gasteiger partial charge >= 0.3 is 0 Å². The number of aromatic hydroxyl groups is 4. The van der Waals surface area contributed by atoms with E-state index in [-0.39, 0.29) is 52.7 Å². The van der Waals surface area contributed by atoms with Crippen LogP contribution < -0.4 is 0 Å². The standard InChI is InChI=1S/C16H16O5/c1-9-13(18)7-5-12(16(9)21)14(19)6-3-10-2-4-11(17)8-15(10)20/h2,4-5,7-8,17-18,20-21H,3,6H2,1H3. The fourth-order valence-electron chi connectivity index (χ4n) is 2.06. The molecule has 0 heterocycles. The van der Waals surface area contributed by atoms with Crippen molar-refractivity contribution in [3.8, 4) is 23.0 Å². The van der Waals surface area contributed by atoms with Gasteiger partial charge in [0, 0.05) is 18.1 Å². The van der Waals surface area contributed by atoms with Gasteiger partial charge in [-0.2, -0.15) is 0 Å². The smallest absolute Gasteiger partial charge is 0.166 e. The largest absolute Gasteiger partial charge is 0.508 e. The van der Waals surface area contributed by atoms with E-state index in [9.17, 15) is 25.2 Å². The lowest BCUT2D eigenvalue weighted by molar-refractivity contribution is 0.0980. The Balaban J connectivity index is 2.14. The summed E-state index contributed by atoms with van der Waals surface area (Å²) in [7, 11) is 0. The molecule has 0 radical (unpaired) electrons. The first-order chi connectivity index (χ1) is 9.90. The van der Waals surface area contributed by atoms with E-state index in [0.717, 1.165) is 0 Å². The summed E-state index contributed by atoms with van der Waals surface area (Å²) in [4.78, 5) is 12.1. The predicted molar refractivity (Wildman–Crippen MR) is 76.9 cm³/mol. The zero-order valence-corrected chi connectivity index (χ0v) is 11.5. The minimum Gasteiger partial charge on any atom is -0.508 e. The lowest BCUT2D eigenvalue weighted by Gasteiger charge is -2.08. The van der Waals surface area contributed by atoms with Gasteiger partial charge in [0.15, 0.2) is 5.78 Å². The second-order valence-corrected chi connectivity index (χ2v) is 4.84. The van der Waals surface area contributed by atoms with E-state index in [2.05, 4.69) is 0 Å². The van der Waals surface area contributed by atoms with Crippen LogP contribution in [0.15, 0.2) is 30.3 Å². The third kappa shape index (κ3) is 3.08. The molecule has 0 fully saturated rings. The summed E-state index contributed by atoms with van der Waals surface area (Å²) >= 11 is 0. The van der Waals surface area contributed by atoms with Gasteiger partial charge in [-0.25, -0.2) is 0 Å². The van der Waals surface area contributed by atoms with Crippen molar-refractivity contribution in [3.63, 3.8) is 0 Å². The second-order valence-electron chi connectivity index (χ2n) is 4.84. The normalized spacial score (nSPS) is 10.5. The van der Waals surface area contributed by atoms with Crippen molar-refractivity contribution in [2.24, 2.45) is 0 Å². The van der Waals surface area contributed by atoms with Crippen molar-refractivity contribution in [2.75, 3.05) is 0 Å². The molecule has 5 heteroatoms. The first-order valence-electron chi connectivity index (χ1n) is 6.45. The minimum absolute atomic E-state index is 0.0469. The highest BCUT2D eigenvalue weighted by atomic mass is 16.3. The highest BCUT2D eigenvalue weighted by Gasteiger charge is 2.15. The maximum atomic E-state index is 12.1. The Hall–Kier alpha value is -2.69. The molecule has 0 saturated heterocycles. The van der Waals surface area contributed by atoms with E-state index in [4.69, 9.17) is 0 Å². The Morgan fingerprint density at radius 2 is 1.71 bits per heavy atom. The van der Waals surface area contributed by atoms with E-state index in [1.807, 2.05) is 0 Å². The van der Waals surface area contributed by atoms with Crippen LogP contribution in [0, 0.1) is 6.92 Å². The molecule has 0 aliphatic carbocycles. The van der Waals surface area contributed by atoms with Crippen LogP contribution in [0.5, 0.6) is 23.0 Å². The number of carbonyl (C=O) groups excluding carboxylic acids is 1. The Kier molecular flexibility index (Phi) is 4.03. The molecule has 0 aromatic heterocycles. The summed E-state index contributed by atoms with van der Waals surface area (Å²) in [5.74, 6) is -0.707. The number of hydrogen-bond donors (Lipinski definition) is 4. The quantitative estimate of drug-likeness (QED) is 0.648. The first-order valence-corrected chi connectivity index (χ1v) is 6.45. The van der Waals surface area contributed by atoms with Crippen molar-refractivity contribution < 1.29 is 25.2 Å². The number of phenols is 4. The number of ketones is 1. The van der Waals surface area contributed by atoms with E-state index in [0.29, 0.717) is 5.56 Å². The van der Waals surface area contributed by atoms with E-state index in [1.54, 1.807) is 6.07 Å². The van der Waals surface area contributed by atoms with Crippen molar-refractivity contribution in [3.05, 3.63) is 47.0 Å². The Morgan fingerprint density at radius 1 is 1.00 bits per heavy atom. The molecule has 4 N–H and O–H groups in total. The fraction of sp³-hybridized carbons (Fsp3) is 0.188. The van der Waals surface area contributed by atoms with Gasteiger partial charge in [-0.05, 0) is 37.1 Å². The second kappa shape index (κ2) is 5.75. The van der Waals surface area contributed by atoms with Gasteiger partial charge in [0.05, 0.1) is 5.56 Å². The van der Waals surface area contributed by atoms with Crippen LogP contribution in [0.4, 0.5) is 0 Å². The number of rotatable bonds is 4. The van der Waals surface area contributed by atoms with E-state index < -0.39 is 0 Å². The molecule has 0 atom stereocenters. The Bertz CT molecular complexity index is 691. The highest BCUT2D eigenvalue weighted by molar-refractivity contribution is 5.99. The molecule has 110 valence electrons. The maximum absolute atomic E-state index is 12.1. The molecular weight excluding hydrogens is 272 g/mol. The van der Waals surface area contributed by atoms with Crippen LogP contribution in [-0.2, 0) is 6.42 Å². The first kappa shape index (κ1) is 14.7. The van der Waals surface area contributed by atoms with Crippen LogP contribution >= 0.6 is 0 Å². The van der Waals surface area contributed by atoms with Gasteiger partial charge in [-0.1, -0.05) is 6.07 Å². The zero-order chi connectivity index (χ0) is 15.6. The zero-order valence-electron chi connectivity index (χ0n) is 11.5. The van der Waals surface area contributed by atoms with Crippen LogP contribution in [-0.4, -0.2) is 26.2 Å². The van der Waals surface area contributed by atoms with Crippen LogP contribution in [0.25, 0.3) is 0 Å². The highest BCUT2D eigenvalue weighted by Crippen LogP contribution is 2.31. The monoisotopic (exact) mass is 288 g/mol. The number of carbonyl (C=O) groups is 1. The van der Waals surface area contributed by atoms with Crippen LogP contribution in [0.2, 0.25) is 0 Å². The molecule has 0 aliphatic heterocycles. The van der Waals surface area contributed by atoms with Gasteiger partial charge in [0.25, 0.3) is 0 Å². The fourth-order valence-corrected chi connectivity index (χ4v) is 2.06. The van der Waals surface area contributed by atoms with Crippen molar-refractivity contribution >= 4 is 5.78 Å². The molecule has 0 amide bonds. The van der Waals surface area contributed by atoms with Crippen molar-refractivity contribution in [2.45, 2.75) is 19.8 Å². The summed E-state index contributed by atoms with van der Waals surface area (Å²) < 4.78 is 0. The number of aryl methyl sites for hydroxylation is 1. The molecule has 2 aromatic carbocycles. The van der Waals surface area contributed by atoms with Crippen LogP contribution in [0.1, 0.15) is 27.9 Å². The number of phenolic OH excluding ortho intramolecular Hbond substituents is 4. The van der Waals surface area contributed by atoms with Gasteiger partial charge in [0.2, 0.25) is 0 Å². The lowest BCUT2D eigenvalue weighted by Crippen LogP contribution is -2.02. The summed E-state index contributed by atoms with van der Waals surface area (Å²) in [6.07, 6.45) is 0.375. The average Bonchev–Trinajstić information content (AvgIpc) is 2.43. The van der Waals surface area contributed by atoms with E-state index in [1.165, 1.54) is 31.2 Å². The average molecular weight is 288 g/mol. The SMILES string of the molecule is Cc1c(O)ccc(C(=O)CCc2ccc(O)cc2O)c1O. The van der Waals surface area contributed by atoms with Crippen LogP contribution in [0.3, 0.4) is 0 Å². The summed E-state index contributed by atoms with van der Waals surface area (Å²) in [5, 5.41) is 38.2. The molecule has 2 aromatic rings. The van der Waals surface area contributed by atoms with Crippen molar-refractivity contribution in [1.82, 2.24) is 0 Å². The lowest BCUT2D eigenvalue weighted by atomic mass is 9.99. The minimum atomic E-state index is -0.289. The summed E-state index contributed by atoms with van der Waals surface area (Å²) in [6, 6.07) is 6.92. The molecule has 21 heavy (non-hydrogen) atoms. The van der Waals surface area contributed by atoms with Gasteiger partial charge in [-0.3, -0.25) is 4.79 Å². The molecule has 0 spiro atoms. The molecule has 0 aliphatic rings. The number of benzene rings is 2. The maximum Gasteiger partial charge on any atom is 0.166 e. The number of Topliss-reactive ketones (excluding diaryl/α,β-unsaturated/α-hetero) is 1. The third-order valence-electron chi connectivity index (χ3n) is 3.39. The Morgan fingerprint density at radius 3 is 2.38 bits per heavy atom. The molecule has 5 nitrogen and oxygen atoms in total. The van der Waals surface area contributed by atoms with Gasteiger partial charge in [-0.15, -0.1) is 0 Å². The molecule has 0 saturated carbocycles. The Labute approximate surface area is 121 Å². The molecule has 2 rings (SSSR count). The topological polar surface area (TPSA) is 98.0 Å². The predicted octanol–water partition coefficient (Wildman–Crippen LogP) is 2.63. The summed E-state index contributed by atoms with van der Waals surface area (Å²) in [6.45, 7) is 1.52. The van der Waals surface area contributed by atoms with Gasteiger partial charge in [0.1, 0.15) is 23.0 Å². The third-order valence-corrected chi connectivity index (χ3v) is 3.39. The molecular formula is C16H16O5. The molecule has 0 unspecified atom stereocenters. The van der Waals surface area contributed by atoms with Crippen molar-refractivity contribution in [1.29, 1.82) is 0 Å². The number of hydrogen-bond acceptors (Lipinski definition) is 5. The van der Waals surface area contributed by atoms with E-state index >= 15 is 0 Å². The molecule has 0 bridgehead atoms.